The van der Waals surface area contributed by atoms with Gasteiger partial charge in [-0.2, -0.15) is 0 Å². The van der Waals surface area contributed by atoms with Gasteiger partial charge < -0.3 is 10.6 Å². The van der Waals surface area contributed by atoms with Gasteiger partial charge in [0.1, 0.15) is 0 Å². The third-order valence-corrected chi connectivity index (χ3v) is 1.02. The van der Waals surface area contributed by atoms with Gasteiger partial charge in [0.25, 0.3) is 0 Å². The van der Waals surface area contributed by atoms with Gasteiger partial charge in [-0.25, -0.2) is 0 Å². The summed E-state index contributed by atoms with van der Waals surface area (Å²) in [6.45, 7) is 0.481. The summed E-state index contributed by atoms with van der Waals surface area (Å²) in [7, 11) is 1.75. The third kappa shape index (κ3) is 2.43. The van der Waals surface area contributed by atoms with E-state index in [2.05, 4.69) is 18.1 Å². The van der Waals surface area contributed by atoms with E-state index in [4.69, 9.17) is 12.2 Å². The van der Waals surface area contributed by atoms with E-state index < -0.39 is 0 Å². The van der Waals surface area contributed by atoms with Crippen molar-refractivity contribution < 1.29 is 0 Å². The molecule has 2 N–H and O–H groups in total. The van der Waals surface area contributed by atoms with Crippen LogP contribution in [0.15, 0.2) is 0 Å². The molecule has 0 aromatic carbocycles. The summed E-state index contributed by atoms with van der Waals surface area (Å²) in [6.07, 6.45) is 4.96. The van der Waals surface area contributed by atoms with Crippen molar-refractivity contribution in [1.29, 1.82) is 0 Å². The van der Waals surface area contributed by atoms with Gasteiger partial charge in [0, 0.05) is 7.05 Å². The maximum Gasteiger partial charge on any atom is 0.166 e. The third-order valence-electron chi connectivity index (χ3n) is 0.705. The van der Waals surface area contributed by atoms with Crippen LogP contribution in [0.1, 0.15) is 0 Å². The standard InChI is InChI=1S/C5H8N2S/c1-3-4-7(2)5(6)8/h1H,4H2,2H3,(H2,6,8). The molecule has 0 aliphatic rings. The lowest BCUT2D eigenvalue weighted by Crippen LogP contribution is -2.31. The molecular weight excluding hydrogens is 120 g/mol. The average Bonchev–Trinajstić information content (AvgIpc) is 1.67. The van der Waals surface area contributed by atoms with E-state index in [1.165, 1.54) is 0 Å². The Bertz CT molecular complexity index is 125. The van der Waals surface area contributed by atoms with Gasteiger partial charge in [-0.05, 0) is 12.2 Å². The number of terminal acetylenes is 1. The fourth-order valence-corrected chi connectivity index (χ4v) is 0.279. The molecule has 0 aromatic rings. The predicted molar refractivity (Wildman–Crippen MR) is 38.2 cm³/mol. The predicted octanol–water partition coefficient (Wildman–Crippen LogP) is -0.205. The number of hydrogen-bond acceptors (Lipinski definition) is 1. The SMILES string of the molecule is C#CCN(C)C(N)=S. The fourth-order valence-electron chi connectivity index (χ4n) is 0.215. The summed E-state index contributed by atoms with van der Waals surface area (Å²) >= 11 is 4.59. The van der Waals surface area contributed by atoms with E-state index in [9.17, 15) is 0 Å². The Hall–Kier alpha value is -0.750. The van der Waals surface area contributed by atoms with Crippen molar-refractivity contribution >= 4 is 17.3 Å². The molecular formula is C5H8N2S. The molecule has 0 rings (SSSR count). The first-order chi connectivity index (χ1) is 3.68. The zero-order valence-corrected chi connectivity index (χ0v) is 5.53. The summed E-state index contributed by atoms with van der Waals surface area (Å²) < 4.78 is 0. The van der Waals surface area contributed by atoms with Gasteiger partial charge in [-0.15, -0.1) is 6.42 Å². The first-order valence-electron chi connectivity index (χ1n) is 2.12. The minimum atomic E-state index is 0.336. The monoisotopic (exact) mass is 128 g/mol. The molecule has 0 radical (unpaired) electrons. The lowest BCUT2D eigenvalue weighted by Gasteiger charge is -2.11. The lowest BCUT2D eigenvalue weighted by molar-refractivity contribution is 0.578. The zero-order valence-electron chi connectivity index (χ0n) is 4.72. The van der Waals surface area contributed by atoms with Crippen LogP contribution in [0.25, 0.3) is 0 Å². The quantitative estimate of drug-likeness (QED) is 0.391. The second-order valence-electron chi connectivity index (χ2n) is 1.40. The van der Waals surface area contributed by atoms with Crippen LogP contribution in [0.4, 0.5) is 0 Å². The van der Waals surface area contributed by atoms with Gasteiger partial charge in [-0.3, -0.25) is 0 Å². The van der Waals surface area contributed by atoms with Crippen molar-refractivity contribution in [2.75, 3.05) is 13.6 Å². The number of nitrogens with zero attached hydrogens (tertiary/aromatic N) is 1. The summed E-state index contributed by atoms with van der Waals surface area (Å²) in [5.41, 5.74) is 5.18. The summed E-state index contributed by atoms with van der Waals surface area (Å²) in [5, 5.41) is 0.336. The van der Waals surface area contributed by atoms with E-state index in [0.29, 0.717) is 11.7 Å². The summed E-state index contributed by atoms with van der Waals surface area (Å²) in [6, 6.07) is 0. The van der Waals surface area contributed by atoms with Gasteiger partial charge in [0.15, 0.2) is 5.11 Å². The van der Waals surface area contributed by atoms with E-state index in [0.717, 1.165) is 0 Å². The first-order valence-corrected chi connectivity index (χ1v) is 2.53. The molecule has 0 saturated heterocycles. The van der Waals surface area contributed by atoms with E-state index in [1.807, 2.05) is 0 Å². The van der Waals surface area contributed by atoms with Crippen LogP contribution in [-0.4, -0.2) is 23.6 Å². The van der Waals surface area contributed by atoms with Crippen molar-refractivity contribution in [3.63, 3.8) is 0 Å². The second-order valence-corrected chi connectivity index (χ2v) is 1.82. The summed E-state index contributed by atoms with van der Waals surface area (Å²) in [4.78, 5) is 1.62. The second kappa shape index (κ2) is 3.28. The van der Waals surface area contributed by atoms with Crippen LogP contribution < -0.4 is 5.73 Å². The summed E-state index contributed by atoms with van der Waals surface area (Å²) in [5.74, 6) is 2.41. The molecule has 8 heavy (non-hydrogen) atoms. The molecule has 0 aliphatic carbocycles. The van der Waals surface area contributed by atoms with E-state index in [1.54, 1.807) is 11.9 Å². The maximum atomic E-state index is 5.18. The molecule has 0 aromatic heterocycles. The van der Waals surface area contributed by atoms with Crippen molar-refractivity contribution in [2.45, 2.75) is 0 Å². The van der Waals surface area contributed by atoms with Crippen LogP contribution in [0.3, 0.4) is 0 Å². The minimum Gasteiger partial charge on any atom is -0.376 e. The molecule has 0 heterocycles. The smallest absolute Gasteiger partial charge is 0.166 e. The number of rotatable bonds is 1. The van der Waals surface area contributed by atoms with Crippen LogP contribution in [0.2, 0.25) is 0 Å². The van der Waals surface area contributed by atoms with Crippen LogP contribution in [-0.2, 0) is 0 Å². The Morgan fingerprint density at radius 2 is 2.50 bits per heavy atom. The van der Waals surface area contributed by atoms with Crippen molar-refractivity contribution in [3.8, 4) is 12.3 Å². The Kier molecular flexibility index (Phi) is 2.97. The molecule has 0 saturated carbocycles. The fraction of sp³-hybridized carbons (Fsp3) is 0.400. The molecule has 3 heteroatoms. The van der Waals surface area contributed by atoms with Crippen LogP contribution in [0, 0.1) is 12.3 Å². The number of thiocarbonyl (C=S) groups is 1. The Morgan fingerprint density at radius 3 is 2.62 bits per heavy atom. The Labute approximate surface area is 54.7 Å². The molecule has 0 atom stereocenters. The topological polar surface area (TPSA) is 29.3 Å². The minimum absolute atomic E-state index is 0.336. The zero-order chi connectivity index (χ0) is 6.57. The Morgan fingerprint density at radius 1 is 2.00 bits per heavy atom. The largest absolute Gasteiger partial charge is 0.376 e. The maximum absolute atomic E-state index is 5.18. The number of nitrogens with two attached hydrogens (primary N) is 1. The molecule has 0 bridgehead atoms. The van der Waals surface area contributed by atoms with Gasteiger partial charge >= 0.3 is 0 Å². The van der Waals surface area contributed by atoms with Gasteiger partial charge in [0.05, 0.1) is 6.54 Å². The number of hydrogen-bond donors (Lipinski definition) is 1. The molecule has 0 spiro atoms. The van der Waals surface area contributed by atoms with Crippen molar-refractivity contribution in [1.82, 2.24) is 4.90 Å². The van der Waals surface area contributed by atoms with Gasteiger partial charge in [0.2, 0.25) is 0 Å². The van der Waals surface area contributed by atoms with Crippen LogP contribution in [0.5, 0.6) is 0 Å². The molecule has 0 fully saturated rings. The highest BCUT2D eigenvalue weighted by Gasteiger charge is 1.92. The average molecular weight is 128 g/mol. The highest BCUT2D eigenvalue weighted by Crippen LogP contribution is 1.76. The molecule has 44 valence electrons. The van der Waals surface area contributed by atoms with Crippen molar-refractivity contribution in [2.24, 2.45) is 5.73 Å². The molecule has 2 nitrogen and oxygen atoms in total. The van der Waals surface area contributed by atoms with E-state index in [-0.39, 0.29) is 0 Å². The first kappa shape index (κ1) is 7.25. The highest BCUT2D eigenvalue weighted by molar-refractivity contribution is 7.80. The highest BCUT2D eigenvalue weighted by atomic mass is 32.1. The lowest BCUT2D eigenvalue weighted by atomic mass is 10.6. The normalized spacial score (nSPS) is 7.50. The van der Waals surface area contributed by atoms with E-state index >= 15 is 0 Å². The van der Waals surface area contributed by atoms with Crippen molar-refractivity contribution in [3.05, 3.63) is 0 Å². The molecule has 0 unspecified atom stereocenters. The Balaban J connectivity index is 3.52. The van der Waals surface area contributed by atoms with Gasteiger partial charge in [-0.1, -0.05) is 5.92 Å². The van der Waals surface area contributed by atoms with Crippen LogP contribution >= 0.6 is 12.2 Å². The molecule has 0 aliphatic heterocycles. The molecule has 0 amide bonds.